The molecule has 2 aliphatic heterocycles. The van der Waals surface area contributed by atoms with Crippen LogP contribution >= 0.6 is 0 Å². The van der Waals surface area contributed by atoms with E-state index in [1.54, 1.807) is 14.2 Å². The molecule has 0 aromatic heterocycles. The largest absolute Gasteiger partial charge is 0.493 e. The van der Waals surface area contributed by atoms with E-state index in [0.717, 1.165) is 36.6 Å². The molecule has 0 saturated carbocycles. The van der Waals surface area contributed by atoms with E-state index in [2.05, 4.69) is 28.8 Å². The Morgan fingerprint density at radius 3 is 2.60 bits per heavy atom. The summed E-state index contributed by atoms with van der Waals surface area (Å²) in [6.45, 7) is 4.44. The zero-order valence-electron chi connectivity index (χ0n) is 15.9. The Kier molecular flexibility index (Phi) is 5.20. The first-order valence-electron chi connectivity index (χ1n) is 8.87. The lowest BCUT2D eigenvalue weighted by molar-refractivity contribution is -0.143. The van der Waals surface area contributed by atoms with Crippen LogP contribution in [0, 0.1) is 0 Å². The highest BCUT2D eigenvalue weighted by Crippen LogP contribution is 2.34. The number of carbonyl (C=O) groups is 1. The summed E-state index contributed by atoms with van der Waals surface area (Å²) >= 11 is 0. The van der Waals surface area contributed by atoms with Crippen LogP contribution in [0.15, 0.2) is 18.2 Å². The molecule has 0 spiro atoms. The number of methoxy groups -OCH3 is 2. The summed E-state index contributed by atoms with van der Waals surface area (Å²) in [7, 11) is 7.49. The van der Waals surface area contributed by atoms with Crippen molar-refractivity contribution in [1.82, 2.24) is 14.7 Å². The van der Waals surface area contributed by atoms with Crippen molar-refractivity contribution in [3.05, 3.63) is 23.8 Å². The molecule has 0 bridgehead atoms. The van der Waals surface area contributed by atoms with E-state index in [1.807, 2.05) is 25.1 Å². The van der Waals surface area contributed by atoms with Gasteiger partial charge in [-0.25, -0.2) is 0 Å². The summed E-state index contributed by atoms with van der Waals surface area (Å²) in [6, 6.07) is 6.54. The average Bonchev–Trinajstić information content (AvgIpc) is 3.03. The Morgan fingerprint density at radius 1 is 1.20 bits per heavy atom. The van der Waals surface area contributed by atoms with E-state index >= 15 is 0 Å². The predicted octanol–water partition coefficient (Wildman–Crippen LogP) is 1.44. The molecule has 0 aliphatic carbocycles. The third-order valence-electron chi connectivity index (χ3n) is 5.61. The summed E-state index contributed by atoms with van der Waals surface area (Å²) in [4.78, 5) is 19.4. The van der Waals surface area contributed by atoms with Crippen LogP contribution in [0.2, 0.25) is 0 Å². The highest BCUT2D eigenvalue weighted by Gasteiger charge is 2.44. The molecule has 138 valence electrons. The van der Waals surface area contributed by atoms with Gasteiger partial charge in [-0.05, 0) is 33.5 Å². The first kappa shape index (κ1) is 18.0. The first-order chi connectivity index (χ1) is 12.0. The third-order valence-corrected chi connectivity index (χ3v) is 5.61. The van der Waals surface area contributed by atoms with Gasteiger partial charge in [-0.2, -0.15) is 0 Å². The van der Waals surface area contributed by atoms with Gasteiger partial charge >= 0.3 is 0 Å². The SMILES string of the molecule is COc1cccc(CN2CC3CC(N(C)C)CN3C(=O)C2C)c1OC. The van der Waals surface area contributed by atoms with Crippen molar-refractivity contribution in [2.24, 2.45) is 0 Å². The maximum atomic E-state index is 12.9. The zero-order valence-corrected chi connectivity index (χ0v) is 15.9. The maximum absolute atomic E-state index is 12.9. The molecule has 3 rings (SSSR count). The number of rotatable bonds is 5. The van der Waals surface area contributed by atoms with E-state index in [0.29, 0.717) is 18.6 Å². The Bertz CT molecular complexity index is 634. The minimum absolute atomic E-state index is 0.118. The number of hydrogen-bond acceptors (Lipinski definition) is 5. The molecule has 2 heterocycles. The lowest BCUT2D eigenvalue weighted by atomic mass is 10.0. The van der Waals surface area contributed by atoms with Crippen LogP contribution in [0.4, 0.5) is 0 Å². The molecule has 1 amide bonds. The van der Waals surface area contributed by atoms with E-state index in [4.69, 9.17) is 9.47 Å². The predicted molar refractivity (Wildman–Crippen MR) is 97.0 cm³/mol. The van der Waals surface area contributed by atoms with Crippen LogP contribution in [0.5, 0.6) is 11.5 Å². The third kappa shape index (κ3) is 3.33. The van der Waals surface area contributed by atoms with Gasteiger partial charge in [0.25, 0.3) is 0 Å². The lowest BCUT2D eigenvalue weighted by Gasteiger charge is -2.41. The number of nitrogens with zero attached hydrogens (tertiary/aromatic N) is 3. The Balaban J connectivity index is 1.79. The summed E-state index contributed by atoms with van der Waals surface area (Å²) in [5, 5.41) is 0. The zero-order chi connectivity index (χ0) is 18.1. The van der Waals surface area contributed by atoms with Gasteiger partial charge in [0.2, 0.25) is 5.91 Å². The van der Waals surface area contributed by atoms with Crippen LogP contribution in [0.25, 0.3) is 0 Å². The van der Waals surface area contributed by atoms with E-state index < -0.39 is 0 Å². The van der Waals surface area contributed by atoms with E-state index in [-0.39, 0.29) is 11.9 Å². The van der Waals surface area contributed by atoms with Crippen molar-refractivity contribution in [2.45, 2.75) is 38.0 Å². The topological polar surface area (TPSA) is 45.2 Å². The van der Waals surface area contributed by atoms with Gasteiger partial charge in [0.15, 0.2) is 11.5 Å². The lowest BCUT2D eigenvalue weighted by Crippen LogP contribution is -2.58. The number of piperazine rings is 1. The quantitative estimate of drug-likeness (QED) is 0.806. The van der Waals surface area contributed by atoms with E-state index in [9.17, 15) is 4.79 Å². The van der Waals surface area contributed by atoms with Crippen LogP contribution in [0.1, 0.15) is 18.9 Å². The van der Waals surface area contributed by atoms with Crippen LogP contribution in [-0.4, -0.2) is 80.1 Å². The van der Waals surface area contributed by atoms with Crippen molar-refractivity contribution in [3.8, 4) is 11.5 Å². The van der Waals surface area contributed by atoms with Crippen molar-refractivity contribution in [2.75, 3.05) is 41.4 Å². The normalized spacial score (nSPS) is 26.9. The molecular formula is C19H29N3O3. The Hall–Kier alpha value is -1.79. The van der Waals surface area contributed by atoms with E-state index in [1.165, 1.54) is 0 Å². The molecule has 0 N–H and O–H groups in total. The van der Waals surface area contributed by atoms with Gasteiger partial charge in [-0.15, -0.1) is 0 Å². The second-order valence-corrected chi connectivity index (χ2v) is 7.26. The molecule has 1 aromatic carbocycles. The summed E-state index contributed by atoms with van der Waals surface area (Å²) in [6.07, 6.45) is 1.04. The number of para-hydroxylation sites is 1. The van der Waals surface area contributed by atoms with Crippen molar-refractivity contribution in [3.63, 3.8) is 0 Å². The monoisotopic (exact) mass is 347 g/mol. The molecule has 2 aliphatic rings. The van der Waals surface area contributed by atoms with Crippen molar-refractivity contribution >= 4 is 5.91 Å². The highest BCUT2D eigenvalue weighted by atomic mass is 16.5. The molecule has 0 radical (unpaired) electrons. The van der Waals surface area contributed by atoms with Crippen molar-refractivity contribution in [1.29, 1.82) is 0 Å². The van der Waals surface area contributed by atoms with Gasteiger partial charge in [0, 0.05) is 37.3 Å². The molecule has 3 atom stereocenters. The summed E-state index contributed by atoms with van der Waals surface area (Å²) in [5.41, 5.74) is 1.05. The van der Waals surface area contributed by atoms with Gasteiger partial charge in [0.1, 0.15) is 0 Å². The molecular weight excluding hydrogens is 318 g/mol. The second-order valence-electron chi connectivity index (χ2n) is 7.26. The van der Waals surface area contributed by atoms with Crippen LogP contribution in [-0.2, 0) is 11.3 Å². The smallest absolute Gasteiger partial charge is 0.240 e. The first-order valence-corrected chi connectivity index (χ1v) is 8.87. The second kappa shape index (κ2) is 7.22. The fraction of sp³-hybridized carbons (Fsp3) is 0.632. The molecule has 6 nitrogen and oxygen atoms in total. The minimum atomic E-state index is -0.118. The number of likely N-dealkylation sites (N-methyl/N-ethyl adjacent to an activating group) is 1. The molecule has 6 heteroatoms. The van der Waals surface area contributed by atoms with Crippen LogP contribution < -0.4 is 9.47 Å². The number of amides is 1. The minimum Gasteiger partial charge on any atom is -0.493 e. The standard InChI is InChI=1S/C19H29N3O3/c1-13-19(23)22-12-15(20(2)3)9-16(22)11-21(13)10-14-7-6-8-17(24-4)18(14)25-5/h6-8,13,15-16H,9-12H2,1-5H3. The number of hydrogen-bond donors (Lipinski definition) is 0. The van der Waals surface area contributed by atoms with Gasteiger partial charge in [-0.3, -0.25) is 9.69 Å². The number of benzene rings is 1. The summed E-state index contributed by atoms with van der Waals surface area (Å²) < 4.78 is 11.0. The van der Waals surface area contributed by atoms with Gasteiger partial charge in [-0.1, -0.05) is 12.1 Å². The summed E-state index contributed by atoms with van der Waals surface area (Å²) in [5.74, 6) is 1.72. The maximum Gasteiger partial charge on any atom is 0.240 e. The molecule has 1 aromatic rings. The van der Waals surface area contributed by atoms with Gasteiger partial charge in [0.05, 0.1) is 20.3 Å². The van der Waals surface area contributed by atoms with Crippen molar-refractivity contribution < 1.29 is 14.3 Å². The molecule has 25 heavy (non-hydrogen) atoms. The van der Waals surface area contributed by atoms with Crippen LogP contribution in [0.3, 0.4) is 0 Å². The molecule has 2 fully saturated rings. The van der Waals surface area contributed by atoms with Gasteiger partial charge < -0.3 is 19.3 Å². The fourth-order valence-electron chi connectivity index (χ4n) is 4.03. The molecule has 2 saturated heterocycles. The highest BCUT2D eigenvalue weighted by molar-refractivity contribution is 5.83. The Morgan fingerprint density at radius 2 is 1.96 bits per heavy atom. The number of carbonyl (C=O) groups excluding carboxylic acids is 1. The average molecular weight is 347 g/mol. The number of fused-ring (bicyclic) bond motifs is 1. The molecule has 3 unspecified atom stereocenters. The number of ether oxygens (including phenoxy) is 2. The Labute approximate surface area is 150 Å². The fourth-order valence-corrected chi connectivity index (χ4v) is 4.03.